The molecule has 3 aromatic rings. The maximum Gasteiger partial charge on any atom is 0.244 e. The first-order chi connectivity index (χ1) is 18.9. The minimum absolute atomic E-state index is 0.0176. The molecule has 10 heteroatoms. The lowest BCUT2D eigenvalue weighted by molar-refractivity contribution is -0.140. The molecule has 0 spiro atoms. The summed E-state index contributed by atoms with van der Waals surface area (Å²) < 4.78 is 27.2. The Labute approximate surface area is 247 Å². The quantitative estimate of drug-likeness (QED) is 0.289. The Bertz CT molecular complexity index is 1430. The highest BCUT2D eigenvalue weighted by Crippen LogP contribution is 2.30. The molecule has 7 nitrogen and oxygen atoms in total. The number of sulfonamides is 1. The van der Waals surface area contributed by atoms with Gasteiger partial charge in [-0.15, -0.1) is 0 Å². The Morgan fingerprint density at radius 2 is 1.55 bits per heavy atom. The molecule has 0 unspecified atom stereocenters. The van der Waals surface area contributed by atoms with Crippen LogP contribution in [0.5, 0.6) is 0 Å². The van der Waals surface area contributed by atoms with Gasteiger partial charge in [0.25, 0.3) is 0 Å². The molecule has 1 atom stereocenters. The van der Waals surface area contributed by atoms with Crippen LogP contribution in [0.25, 0.3) is 0 Å². The van der Waals surface area contributed by atoms with Crippen LogP contribution in [0.3, 0.4) is 0 Å². The maximum absolute atomic E-state index is 14.1. The highest BCUT2D eigenvalue weighted by molar-refractivity contribution is 7.92. The normalized spacial score (nSPS) is 12.2. The maximum atomic E-state index is 14.1. The Kier molecular flexibility index (Phi) is 11.0. The fourth-order valence-corrected chi connectivity index (χ4v) is 5.67. The molecule has 3 aromatic carbocycles. The van der Waals surface area contributed by atoms with Crippen LogP contribution in [0.4, 0.5) is 5.69 Å². The number of carbonyl (C=O) groups excluding carboxylic acids is 2. The number of rotatable bonds is 12. The van der Waals surface area contributed by atoms with Crippen LogP contribution in [-0.2, 0) is 32.6 Å². The van der Waals surface area contributed by atoms with Crippen molar-refractivity contribution < 1.29 is 18.0 Å². The van der Waals surface area contributed by atoms with Crippen molar-refractivity contribution in [3.63, 3.8) is 0 Å². The molecule has 0 aliphatic carbocycles. The number of nitrogens with one attached hydrogen (secondary N) is 1. The first-order valence-corrected chi connectivity index (χ1v) is 15.6. The van der Waals surface area contributed by atoms with Gasteiger partial charge >= 0.3 is 0 Å². The summed E-state index contributed by atoms with van der Waals surface area (Å²) in [6.07, 6.45) is 1.31. The van der Waals surface area contributed by atoms with Crippen molar-refractivity contribution in [2.75, 3.05) is 23.7 Å². The second-order valence-electron chi connectivity index (χ2n) is 9.85. The second-order valence-corrected chi connectivity index (χ2v) is 12.6. The van der Waals surface area contributed by atoms with Gasteiger partial charge in [-0.2, -0.15) is 0 Å². The van der Waals surface area contributed by atoms with E-state index in [-0.39, 0.29) is 24.8 Å². The number of halogens is 2. The molecule has 0 aliphatic heterocycles. The molecule has 40 heavy (non-hydrogen) atoms. The topological polar surface area (TPSA) is 86.8 Å². The summed E-state index contributed by atoms with van der Waals surface area (Å²) in [5, 5.41) is 3.51. The Hall–Kier alpha value is -3.07. The van der Waals surface area contributed by atoms with E-state index in [1.54, 1.807) is 37.3 Å². The lowest BCUT2D eigenvalue weighted by Crippen LogP contribution is -2.53. The summed E-state index contributed by atoms with van der Waals surface area (Å²) in [7, 11) is -3.86. The van der Waals surface area contributed by atoms with Gasteiger partial charge in [0, 0.05) is 19.5 Å². The average molecular weight is 605 g/mol. The summed E-state index contributed by atoms with van der Waals surface area (Å²) in [6.45, 7) is 5.64. The van der Waals surface area contributed by atoms with Crippen LogP contribution in [-0.4, -0.2) is 50.5 Å². The van der Waals surface area contributed by atoms with Crippen molar-refractivity contribution in [2.24, 2.45) is 0 Å². The van der Waals surface area contributed by atoms with E-state index in [0.717, 1.165) is 21.7 Å². The first-order valence-electron chi connectivity index (χ1n) is 13.0. The molecule has 0 radical (unpaired) electrons. The van der Waals surface area contributed by atoms with Gasteiger partial charge in [0.05, 0.1) is 22.0 Å². The SMILES string of the molecule is CCNC(=O)[C@@H](Cc1ccccc1)N(Cc1ccc(Cl)c(Cl)c1)C(=O)CN(c1ccccc1C(C)C)S(C)(=O)=O. The van der Waals surface area contributed by atoms with Gasteiger partial charge in [-0.1, -0.05) is 91.6 Å². The number of hydrogen-bond donors (Lipinski definition) is 1. The van der Waals surface area contributed by atoms with Gasteiger partial charge in [0.15, 0.2) is 0 Å². The minimum atomic E-state index is -3.86. The highest BCUT2D eigenvalue weighted by atomic mass is 35.5. The number of amides is 2. The zero-order chi connectivity index (χ0) is 29.4. The second kappa shape index (κ2) is 14.0. The van der Waals surface area contributed by atoms with E-state index in [2.05, 4.69) is 5.32 Å². The van der Waals surface area contributed by atoms with E-state index < -0.39 is 28.5 Å². The van der Waals surface area contributed by atoms with Crippen LogP contribution in [0.15, 0.2) is 72.8 Å². The molecule has 0 aliphatic rings. The summed E-state index contributed by atoms with van der Waals surface area (Å²) >= 11 is 12.4. The predicted octanol–water partition coefficient (Wildman–Crippen LogP) is 5.66. The third kappa shape index (κ3) is 8.22. The van der Waals surface area contributed by atoms with Crippen molar-refractivity contribution in [3.8, 4) is 0 Å². The smallest absolute Gasteiger partial charge is 0.244 e. The molecule has 2 amide bonds. The third-order valence-electron chi connectivity index (χ3n) is 6.47. The van der Waals surface area contributed by atoms with Crippen molar-refractivity contribution in [3.05, 3.63) is 99.5 Å². The average Bonchev–Trinajstić information content (AvgIpc) is 2.91. The summed E-state index contributed by atoms with van der Waals surface area (Å²) in [5.74, 6) is -0.848. The number of anilines is 1. The Morgan fingerprint density at radius 3 is 2.15 bits per heavy atom. The van der Waals surface area contributed by atoms with E-state index in [9.17, 15) is 18.0 Å². The van der Waals surface area contributed by atoms with E-state index in [1.165, 1.54) is 4.90 Å². The number of carbonyl (C=O) groups is 2. The lowest BCUT2D eigenvalue weighted by atomic mass is 10.0. The number of hydrogen-bond acceptors (Lipinski definition) is 4. The van der Waals surface area contributed by atoms with Gasteiger partial charge in [-0.3, -0.25) is 13.9 Å². The van der Waals surface area contributed by atoms with Crippen molar-refractivity contribution in [1.82, 2.24) is 10.2 Å². The molecule has 0 saturated heterocycles. The molecular formula is C30H35Cl2N3O4S. The van der Waals surface area contributed by atoms with Crippen LogP contribution < -0.4 is 9.62 Å². The van der Waals surface area contributed by atoms with Gasteiger partial charge in [-0.05, 0) is 47.7 Å². The number of nitrogens with zero attached hydrogens (tertiary/aromatic N) is 2. The van der Waals surface area contributed by atoms with Crippen molar-refractivity contribution in [2.45, 2.75) is 45.7 Å². The molecule has 214 valence electrons. The molecule has 0 saturated carbocycles. The van der Waals surface area contributed by atoms with E-state index in [4.69, 9.17) is 23.2 Å². The predicted molar refractivity (Wildman–Crippen MR) is 162 cm³/mol. The highest BCUT2D eigenvalue weighted by Gasteiger charge is 2.33. The molecule has 0 fully saturated rings. The standard InChI is InChI=1S/C30H35Cl2N3O4S/c1-5-33-30(37)28(18-22-11-7-6-8-12-22)34(19-23-15-16-25(31)26(32)17-23)29(36)20-35(40(4,38)39)27-14-10-9-13-24(27)21(2)3/h6-17,21,28H,5,18-20H2,1-4H3,(H,33,37)/t28-/m1/s1. The lowest BCUT2D eigenvalue weighted by Gasteiger charge is -2.34. The zero-order valence-electron chi connectivity index (χ0n) is 23.1. The van der Waals surface area contributed by atoms with Crippen LogP contribution in [0, 0.1) is 0 Å². The van der Waals surface area contributed by atoms with Gasteiger partial charge in [0.1, 0.15) is 12.6 Å². The zero-order valence-corrected chi connectivity index (χ0v) is 25.4. The molecule has 3 rings (SSSR count). The van der Waals surface area contributed by atoms with Crippen LogP contribution >= 0.6 is 23.2 Å². The molecule has 0 aromatic heterocycles. The van der Waals surface area contributed by atoms with E-state index in [1.807, 2.05) is 56.3 Å². The van der Waals surface area contributed by atoms with E-state index in [0.29, 0.717) is 27.8 Å². The minimum Gasteiger partial charge on any atom is -0.355 e. The Morgan fingerprint density at radius 1 is 0.900 bits per heavy atom. The van der Waals surface area contributed by atoms with Gasteiger partial charge < -0.3 is 10.2 Å². The van der Waals surface area contributed by atoms with Crippen molar-refractivity contribution >= 4 is 50.7 Å². The Balaban J connectivity index is 2.09. The summed E-state index contributed by atoms with van der Waals surface area (Å²) in [5.41, 5.74) is 2.73. The fourth-order valence-electron chi connectivity index (χ4n) is 4.48. The fraction of sp³-hybridized carbons (Fsp3) is 0.333. The third-order valence-corrected chi connectivity index (χ3v) is 8.33. The van der Waals surface area contributed by atoms with Crippen LogP contribution in [0.2, 0.25) is 10.0 Å². The molecule has 0 bridgehead atoms. The van der Waals surface area contributed by atoms with Gasteiger partial charge in [-0.25, -0.2) is 8.42 Å². The monoisotopic (exact) mass is 603 g/mol. The summed E-state index contributed by atoms with van der Waals surface area (Å²) in [6, 6.07) is 20.6. The van der Waals surface area contributed by atoms with E-state index >= 15 is 0 Å². The first kappa shape index (κ1) is 31.5. The largest absolute Gasteiger partial charge is 0.355 e. The summed E-state index contributed by atoms with van der Waals surface area (Å²) in [4.78, 5) is 29.0. The molecular weight excluding hydrogens is 569 g/mol. The number of para-hydroxylation sites is 1. The molecule has 1 N–H and O–H groups in total. The number of benzene rings is 3. The van der Waals surface area contributed by atoms with Crippen molar-refractivity contribution in [1.29, 1.82) is 0 Å². The van der Waals surface area contributed by atoms with Gasteiger partial charge in [0.2, 0.25) is 21.8 Å². The van der Waals surface area contributed by atoms with Crippen LogP contribution in [0.1, 0.15) is 43.4 Å². The number of likely N-dealkylation sites (N-methyl/N-ethyl adjacent to an activating group) is 1. The molecule has 0 heterocycles.